The van der Waals surface area contributed by atoms with E-state index in [0.29, 0.717) is 18.0 Å². The predicted octanol–water partition coefficient (Wildman–Crippen LogP) is 3.32. The van der Waals surface area contributed by atoms with Crippen LogP contribution in [0, 0.1) is 32.5 Å². The van der Waals surface area contributed by atoms with Gasteiger partial charge in [-0.3, -0.25) is 9.89 Å². The maximum atomic E-state index is 13.7. The minimum Gasteiger partial charge on any atom is -0.444 e. The average Bonchev–Trinajstić information content (AvgIpc) is 3.02. The number of hydrogen-bond donors (Lipinski definition) is 2. The molecular formula is C22H32FN5O. The summed E-state index contributed by atoms with van der Waals surface area (Å²) >= 11 is 0. The summed E-state index contributed by atoms with van der Waals surface area (Å²) in [7, 11) is 1.76. The lowest BCUT2D eigenvalue weighted by molar-refractivity contribution is 0.164. The topological polar surface area (TPSA) is 65.7 Å². The smallest absolute Gasteiger partial charge is 0.208 e. The number of likely N-dealkylation sites (tertiary alicyclic amines) is 1. The van der Waals surface area contributed by atoms with Crippen LogP contribution >= 0.6 is 0 Å². The lowest BCUT2D eigenvalue weighted by Gasteiger charge is -2.31. The molecule has 0 saturated carbocycles. The first-order valence-electron chi connectivity index (χ1n) is 10.3. The van der Waals surface area contributed by atoms with Gasteiger partial charge < -0.3 is 15.1 Å². The van der Waals surface area contributed by atoms with Crippen molar-refractivity contribution in [3.8, 4) is 0 Å². The van der Waals surface area contributed by atoms with E-state index in [-0.39, 0.29) is 5.82 Å². The summed E-state index contributed by atoms with van der Waals surface area (Å²) in [5, 5.41) is 6.67. The van der Waals surface area contributed by atoms with Gasteiger partial charge in [0.15, 0.2) is 5.96 Å². The number of halogens is 1. The summed E-state index contributed by atoms with van der Waals surface area (Å²) in [5.74, 6) is 2.91. The van der Waals surface area contributed by atoms with Crippen LogP contribution in [0.15, 0.2) is 27.6 Å². The summed E-state index contributed by atoms with van der Waals surface area (Å²) in [4.78, 5) is 11.2. The Labute approximate surface area is 172 Å². The van der Waals surface area contributed by atoms with Crippen molar-refractivity contribution in [2.75, 3.05) is 26.7 Å². The number of benzene rings is 1. The van der Waals surface area contributed by atoms with Crippen molar-refractivity contribution in [2.24, 2.45) is 10.9 Å². The standard InChI is InChI=1S/C22H32FN5O/c1-15-5-6-19(11-20(15)23)13-26-22(24-4)25-12-18-7-9-28(10-8-18)14-21-27-16(2)17(3)29-21/h5-6,11,18H,7-10,12-14H2,1-4H3,(H2,24,25,26). The number of aliphatic imine (C=N–C) groups is 1. The molecule has 7 heteroatoms. The quantitative estimate of drug-likeness (QED) is 0.574. The number of aromatic nitrogens is 1. The largest absolute Gasteiger partial charge is 0.444 e. The van der Waals surface area contributed by atoms with E-state index < -0.39 is 0 Å². The highest BCUT2D eigenvalue weighted by Crippen LogP contribution is 2.19. The van der Waals surface area contributed by atoms with Gasteiger partial charge in [-0.1, -0.05) is 12.1 Å². The fourth-order valence-electron chi connectivity index (χ4n) is 3.54. The third-order valence-corrected chi connectivity index (χ3v) is 5.62. The Bertz CT molecular complexity index is 820. The SMILES string of the molecule is CN=C(NCc1ccc(C)c(F)c1)NCC1CCN(Cc2nc(C)c(C)o2)CC1. The Morgan fingerprint density at radius 1 is 1.24 bits per heavy atom. The molecule has 29 heavy (non-hydrogen) atoms. The maximum Gasteiger partial charge on any atom is 0.208 e. The molecule has 1 aliphatic heterocycles. The van der Waals surface area contributed by atoms with Crippen LogP contribution in [0.25, 0.3) is 0 Å². The summed E-state index contributed by atoms with van der Waals surface area (Å²) in [6.45, 7) is 10.0. The van der Waals surface area contributed by atoms with Crippen LogP contribution in [0.5, 0.6) is 0 Å². The Morgan fingerprint density at radius 3 is 2.62 bits per heavy atom. The molecule has 0 radical (unpaired) electrons. The minimum atomic E-state index is -0.172. The second-order valence-corrected chi connectivity index (χ2v) is 7.86. The van der Waals surface area contributed by atoms with Crippen molar-refractivity contribution >= 4 is 5.96 Å². The zero-order chi connectivity index (χ0) is 20.8. The van der Waals surface area contributed by atoms with E-state index in [0.717, 1.165) is 67.9 Å². The summed E-state index contributed by atoms with van der Waals surface area (Å²) < 4.78 is 19.4. The highest BCUT2D eigenvalue weighted by molar-refractivity contribution is 5.79. The first kappa shape index (κ1) is 21.3. The van der Waals surface area contributed by atoms with Crippen LogP contribution in [0.2, 0.25) is 0 Å². The number of rotatable bonds is 6. The van der Waals surface area contributed by atoms with Gasteiger partial charge in [-0.25, -0.2) is 9.37 Å². The van der Waals surface area contributed by atoms with Crippen LogP contribution in [0.1, 0.15) is 41.3 Å². The van der Waals surface area contributed by atoms with Gasteiger partial charge >= 0.3 is 0 Å². The molecule has 6 nitrogen and oxygen atoms in total. The number of piperidine rings is 1. The second-order valence-electron chi connectivity index (χ2n) is 7.86. The van der Waals surface area contributed by atoms with E-state index in [2.05, 4.69) is 25.5 Å². The first-order chi connectivity index (χ1) is 13.9. The summed E-state index contributed by atoms with van der Waals surface area (Å²) in [5.41, 5.74) is 2.54. The number of nitrogens with zero attached hydrogens (tertiary/aromatic N) is 3. The Morgan fingerprint density at radius 2 is 2.00 bits per heavy atom. The third-order valence-electron chi connectivity index (χ3n) is 5.62. The number of nitrogens with one attached hydrogen (secondary N) is 2. The molecule has 0 atom stereocenters. The lowest BCUT2D eigenvalue weighted by Crippen LogP contribution is -2.42. The van der Waals surface area contributed by atoms with Gasteiger partial charge in [-0.15, -0.1) is 0 Å². The molecule has 0 amide bonds. The molecule has 1 fully saturated rings. The Kier molecular flexibility index (Phi) is 7.25. The van der Waals surface area contributed by atoms with Crippen LogP contribution in [-0.4, -0.2) is 42.5 Å². The molecule has 1 aromatic carbocycles. The molecule has 2 heterocycles. The molecule has 1 aromatic heterocycles. The predicted molar refractivity (Wildman–Crippen MR) is 113 cm³/mol. The Balaban J connectivity index is 1.38. The molecule has 0 aliphatic carbocycles. The maximum absolute atomic E-state index is 13.7. The molecule has 0 bridgehead atoms. The highest BCUT2D eigenvalue weighted by Gasteiger charge is 2.21. The highest BCUT2D eigenvalue weighted by atomic mass is 19.1. The minimum absolute atomic E-state index is 0.172. The van der Waals surface area contributed by atoms with E-state index in [1.807, 2.05) is 19.9 Å². The third kappa shape index (κ3) is 6.03. The van der Waals surface area contributed by atoms with E-state index >= 15 is 0 Å². The fourth-order valence-corrected chi connectivity index (χ4v) is 3.54. The molecule has 3 rings (SSSR count). The number of guanidine groups is 1. The number of oxazole rings is 1. The van der Waals surface area contributed by atoms with Gasteiger partial charge in [0.25, 0.3) is 0 Å². The Hall–Kier alpha value is -2.41. The van der Waals surface area contributed by atoms with E-state index in [1.165, 1.54) is 0 Å². The molecule has 1 saturated heterocycles. The van der Waals surface area contributed by atoms with E-state index in [9.17, 15) is 4.39 Å². The van der Waals surface area contributed by atoms with Crippen LogP contribution in [0.3, 0.4) is 0 Å². The number of hydrogen-bond acceptors (Lipinski definition) is 4. The molecule has 0 spiro atoms. The first-order valence-corrected chi connectivity index (χ1v) is 10.3. The number of aryl methyl sites for hydroxylation is 3. The van der Waals surface area contributed by atoms with Gasteiger partial charge in [-0.05, 0) is 69.8 Å². The molecular weight excluding hydrogens is 369 g/mol. The van der Waals surface area contributed by atoms with Gasteiger partial charge in [0.2, 0.25) is 5.89 Å². The van der Waals surface area contributed by atoms with Gasteiger partial charge in [-0.2, -0.15) is 0 Å². The van der Waals surface area contributed by atoms with Crippen molar-refractivity contribution in [2.45, 2.75) is 46.7 Å². The van der Waals surface area contributed by atoms with Crippen molar-refractivity contribution in [3.63, 3.8) is 0 Å². The normalized spacial score (nSPS) is 16.2. The van der Waals surface area contributed by atoms with Crippen LogP contribution in [-0.2, 0) is 13.1 Å². The van der Waals surface area contributed by atoms with Crippen molar-refractivity contribution in [3.05, 3.63) is 52.5 Å². The van der Waals surface area contributed by atoms with Crippen molar-refractivity contribution in [1.29, 1.82) is 0 Å². The van der Waals surface area contributed by atoms with Crippen molar-refractivity contribution < 1.29 is 8.81 Å². The fraction of sp³-hybridized carbons (Fsp3) is 0.545. The molecule has 158 valence electrons. The van der Waals surface area contributed by atoms with E-state index in [1.54, 1.807) is 26.1 Å². The van der Waals surface area contributed by atoms with Gasteiger partial charge in [0.05, 0.1) is 12.2 Å². The molecule has 0 unspecified atom stereocenters. The lowest BCUT2D eigenvalue weighted by atomic mass is 9.97. The average molecular weight is 402 g/mol. The zero-order valence-corrected chi connectivity index (χ0v) is 17.9. The van der Waals surface area contributed by atoms with Gasteiger partial charge in [0.1, 0.15) is 11.6 Å². The molecule has 1 aliphatic rings. The van der Waals surface area contributed by atoms with Crippen LogP contribution < -0.4 is 10.6 Å². The van der Waals surface area contributed by atoms with Gasteiger partial charge in [0, 0.05) is 20.1 Å². The monoisotopic (exact) mass is 401 g/mol. The summed E-state index contributed by atoms with van der Waals surface area (Å²) in [6.07, 6.45) is 2.26. The van der Waals surface area contributed by atoms with Crippen LogP contribution in [0.4, 0.5) is 4.39 Å². The zero-order valence-electron chi connectivity index (χ0n) is 17.9. The molecule has 2 aromatic rings. The van der Waals surface area contributed by atoms with E-state index in [4.69, 9.17) is 4.42 Å². The van der Waals surface area contributed by atoms with Crippen molar-refractivity contribution in [1.82, 2.24) is 20.5 Å². The molecule has 2 N–H and O–H groups in total. The summed E-state index contributed by atoms with van der Waals surface area (Å²) in [6, 6.07) is 5.31. The second kappa shape index (κ2) is 9.87.